The molecule has 0 saturated heterocycles. The van der Waals surface area contributed by atoms with Crippen molar-refractivity contribution in [3.05, 3.63) is 133 Å². The maximum absolute atomic E-state index is 13.5. The van der Waals surface area contributed by atoms with Gasteiger partial charge in [-0.25, -0.2) is 9.36 Å². The van der Waals surface area contributed by atoms with E-state index in [9.17, 15) is 14.4 Å². The number of hydrogen-bond acceptors (Lipinski definition) is 4. The monoisotopic (exact) mass is 495 g/mol. The predicted molar refractivity (Wildman–Crippen MR) is 144 cm³/mol. The Balaban J connectivity index is 1.38. The van der Waals surface area contributed by atoms with Gasteiger partial charge in [0, 0.05) is 6.54 Å². The van der Waals surface area contributed by atoms with Crippen LogP contribution in [-0.2, 0) is 24.3 Å². The average Bonchev–Trinajstić information content (AvgIpc) is 3.38. The summed E-state index contributed by atoms with van der Waals surface area (Å²) in [5.41, 5.74) is 4.38. The van der Waals surface area contributed by atoms with E-state index in [4.69, 9.17) is 0 Å². The van der Waals surface area contributed by atoms with Crippen LogP contribution in [0.3, 0.4) is 0 Å². The first-order chi connectivity index (χ1) is 17.5. The van der Waals surface area contributed by atoms with Gasteiger partial charge in [-0.1, -0.05) is 72.3 Å². The number of amides is 1. The van der Waals surface area contributed by atoms with Crippen molar-refractivity contribution in [1.82, 2.24) is 14.5 Å². The number of aryl methyl sites for hydroxylation is 1. The molecule has 6 nitrogen and oxygen atoms in total. The summed E-state index contributed by atoms with van der Waals surface area (Å²) < 4.78 is 3.38. The molecule has 1 amide bonds. The smallest absolute Gasteiger partial charge is 0.336 e. The zero-order chi connectivity index (χ0) is 25.1. The molecule has 1 N–H and O–H groups in total. The number of aromatic nitrogens is 2. The van der Waals surface area contributed by atoms with E-state index in [1.807, 2.05) is 73.0 Å². The van der Waals surface area contributed by atoms with Gasteiger partial charge in [0.1, 0.15) is 4.70 Å². The topological polar surface area (TPSA) is 73.1 Å². The van der Waals surface area contributed by atoms with Crippen molar-refractivity contribution in [2.45, 2.75) is 26.4 Å². The molecule has 5 aromatic rings. The van der Waals surface area contributed by atoms with Gasteiger partial charge in [-0.2, -0.15) is 0 Å². The van der Waals surface area contributed by atoms with Gasteiger partial charge < -0.3 is 5.32 Å². The van der Waals surface area contributed by atoms with E-state index >= 15 is 0 Å². The Morgan fingerprint density at radius 1 is 0.833 bits per heavy atom. The van der Waals surface area contributed by atoms with Crippen LogP contribution in [0, 0.1) is 6.92 Å². The molecule has 2 aromatic heterocycles. The van der Waals surface area contributed by atoms with Crippen LogP contribution < -0.4 is 16.6 Å². The summed E-state index contributed by atoms with van der Waals surface area (Å²) in [6, 6.07) is 26.5. The van der Waals surface area contributed by atoms with Crippen molar-refractivity contribution in [3.8, 4) is 5.69 Å². The summed E-state index contributed by atoms with van der Waals surface area (Å²) in [5, 5.41) is 4.76. The van der Waals surface area contributed by atoms with Crippen LogP contribution in [0.5, 0.6) is 0 Å². The molecule has 0 atom stereocenters. The Morgan fingerprint density at radius 2 is 1.53 bits per heavy atom. The summed E-state index contributed by atoms with van der Waals surface area (Å²) in [6.45, 7) is 2.86. The van der Waals surface area contributed by atoms with Gasteiger partial charge >= 0.3 is 5.69 Å². The SMILES string of the molecule is Cc1ccc(CNC(=O)Cc2ccc(-n3c(=O)c4sccc4n(Cc4ccccc4)c3=O)cc2)cc1. The van der Waals surface area contributed by atoms with Crippen molar-refractivity contribution < 1.29 is 4.79 Å². The summed E-state index contributed by atoms with van der Waals surface area (Å²) in [4.78, 5) is 39.1. The maximum Gasteiger partial charge on any atom is 0.336 e. The van der Waals surface area contributed by atoms with Crippen molar-refractivity contribution >= 4 is 27.5 Å². The van der Waals surface area contributed by atoms with E-state index in [2.05, 4.69) is 5.32 Å². The minimum atomic E-state index is -0.390. The van der Waals surface area contributed by atoms with Crippen molar-refractivity contribution in [2.75, 3.05) is 0 Å². The molecule has 0 saturated carbocycles. The van der Waals surface area contributed by atoms with Crippen LogP contribution in [0.1, 0.15) is 22.3 Å². The lowest BCUT2D eigenvalue weighted by molar-refractivity contribution is -0.120. The number of carbonyl (C=O) groups excluding carboxylic acids is 1. The third-order valence-corrected chi connectivity index (χ3v) is 7.00. The van der Waals surface area contributed by atoms with Crippen molar-refractivity contribution in [2.24, 2.45) is 0 Å². The van der Waals surface area contributed by atoms with Crippen LogP contribution in [0.25, 0.3) is 15.9 Å². The normalized spacial score (nSPS) is 11.0. The van der Waals surface area contributed by atoms with Crippen molar-refractivity contribution in [3.63, 3.8) is 0 Å². The molecule has 0 radical (unpaired) electrons. The van der Waals surface area contributed by atoms with Gasteiger partial charge in [0.2, 0.25) is 5.91 Å². The second-order valence-corrected chi connectivity index (χ2v) is 9.65. The lowest BCUT2D eigenvalue weighted by atomic mass is 10.1. The highest BCUT2D eigenvalue weighted by Gasteiger charge is 2.16. The van der Waals surface area contributed by atoms with E-state index in [-0.39, 0.29) is 17.9 Å². The Labute approximate surface area is 212 Å². The minimum Gasteiger partial charge on any atom is -0.352 e. The molecular weight excluding hydrogens is 470 g/mol. The van der Waals surface area contributed by atoms with Crippen LogP contribution in [0.4, 0.5) is 0 Å². The highest BCUT2D eigenvalue weighted by Crippen LogP contribution is 2.18. The predicted octanol–water partition coefficient (Wildman–Crippen LogP) is 4.43. The number of nitrogens with one attached hydrogen (secondary N) is 1. The van der Waals surface area contributed by atoms with Gasteiger partial charge in [-0.05, 0) is 47.2 Å². The second kappa shape index (κ2) is 10.2. The summed E-state index contributed by atoms with van der Waals surface area (Å²) >= 11 is 1.33. The summed E-state index contributed by atoms with van der Waals surface area (Å²) in [5.74, 6) is -0.0919. The lowest BCUT2D eigenvalue weighted by Crippen LogP contribution is -2.38. The van der Waals surface area contributed by atoms with E-state index in [0.717, 1.165) is 16.7 Å². The third-order valence-electron chi connectivity index (χ3n) is 6.11. The Bertz CT molecular complexity index is 1630. The van der Waals surface area contributed by atoms with E-state index < -0.39 is 5.69 Å². The van der Waals surface area contributed by atoms with Crippen LogP contribution in [0.15, 0.2) is 99.9 Å². The van der Waals surface area contributed by atoms with E-state index in [1.54, 1.807) is 28.8 Å². The highest BCUT2D eigenvalue weighted by atomic mass is 32.1. The number of benzene rings is 3. The Morgan fingerprint density at radius 3 is 2.25 bits per heavy atom. The molecule has 0 bridgehead atoms. The number of thiophene rings is 1. The van der Waals surface area contributed by atoms with Gasteiger partial charge in [0.05, 0.1) is 24.2 Å². The quantitative estimate of drug-likeness (QED) is 0.363. The second-order valence-electron chi connectivity index (χ2n) is 8.74. The fourth-order valence-electron chi connectivity index (χ4n) is 4.15. The standard InChI is InChI=1S/C29H25N3O3S/c1-20-7-9-22(10-8-20)18-30-26(33)17-21-11-13-24(14-12-21)32-28(34)27-25(15-16-36-27)31(29(32)35)19-23-5-3-2-4-6-23/h2-16H,17-19H2,1H3,(H,30,33). The molecule has 0 aliphatic heterocycles. The fourth-order valence-corrected chi connectivity index (χ4v) is 4.98. The first kappa shape index (κ1) is 23.5. The van der Waals surface area contributed by atoms with Gasteiger partial charge in [0.25, 0.3) is 5.56 Å². The zero-order valence-corrected chi connectivity index (χ0v) is 20.6. The van der Waals surface area contributed by atoms with Crippen LogP contribution in [0.2, 0.25) is 0 Å². The number of hydrogen-bond donors (Lipinski definition) is 1. The average molecular weight is 496 g/mol. The Kier molecular flexibility index (Phi) is 6.64. The first-order valence-corrected chi connectivity index (χ1v) is 12.6. The largest absolute Gasteiger partial charge is 0.352 e. The molecule has 7 heteroatoms. The first-order valence-electron chi connectivity index (χ1n) is 11.7. The molecule has 2 heterocycles. The third kappa shape index (κ3) is 4.92. The molecule has 0 aliphatic carbocycles. The number of fused-ring (bicyclic) bond motifs is 1. The fraction of sp³-hybridized carbons (Fsp3) is 0.138. The minimum absolute atomic E-state index is 0.0919. The molecule has 0 fully saturated rings. The molecule has 0 unspecified atom stereocenters. The summed E-state index contributed by atoms with van der Waals surface area (Å²) in [7, 11) is 0. The van der Waals surface area contributed by atoms with Crippen LogP contribution in [-0.4, -0.2) is 15.0 Å². The van der Waals surface area contributed by atoms with Crippen molar-refractivity contribution in [1.29, 1.82) is 0 Å². The van der Waals surface area contributed by atoms with Gasteiger partial charge in [-0.15, -0.1) is 11.3 Å². The molecule has 180 valence electrons. The molecule has 0 aliphatic rings. The molecule has 3 aromatic carbocycles. The number of carbonyl (C=O) groups is 1. The van der Waals surface area contributed by atoms with Gasteiger partial charge in [0.15, 0.2) is 0 Å². The lowest BCUT2D eigenvalue weighted by Gasteiger charge is -2.13. The number of rotatable bonds is 7. The number of nitrogens with zero attached hydrogens (tertiary/aromatic N) is 2. The highest BCUT2D eigenvalue weighted by molar-refractivity contribution is 7.17. The zero-order valence-electron chi connectivity index (χ0n) is 19.8. The van der Waals surface area contributed by atoms with Crippen LogP contribution >= 0.6 is 11.3 Å². The van der Waals surface area contributed by atoms with Gasteiger partial charge in [-0.3, -0.25) is 14.2 Å². The molecular formula is C29H25N3O3S. The summed E-state index contributed by atoms with van der Waals surface area (Å²) in [6.07, 6.45) is 0.212. The van der Waals surface area contributed by atoms with E-state index in [0.29, 0.717) is 29.0 Å². The molecule has 5 rings (SSSR count). The molecule has 36 heavy (non-hydrogen) atoms. The molecule has 0 spiro atoms. The van der Waals surface area contributed by atoms with E-state index in [1.165, 1.54) is 21.5 Å². The maximum atomic E-state index is 13.5. The Hall–Kier alpha value is -4.23.